The van der Waals surface area contributed by atoms with Gasteiger partial charge in [0.15, 0.2) is 0 Å². The molecule has 0 aromatic heterocycles. The maximum absolute atomic E-state index is 6.37. The van der Waals surface area contributed by atoms with E-state index in [1.54, 1.807) is 0 Å². The van der Waals surface area contributed by atoms with Crippen LogP contribution in [0.5, 0.6) is 0 Å². The summed E-state index contributed by atoms with van der Waals surface area (Å²) in [7, 11) is 2.19. The molecule has 0 amide bonds. The predicted molar refractivity (Wildman–Crippen MR) is 79.8 cm³/mol. The van der Waals surface area contributed by atoms with Gasteiger partial charge in [0, 0.05) is 36.4 Å². The summed E-state index contributed by atoms with van der Waals surface area (Å²) in [4.78, 5) is 4.83. The quantitative estimate of drug-likeness (QED) is 0.807. The zero-order valence-electron chi connectivity index (χ0n) is 11.8. The van der Waals surface area contributed by atoms with Crippen LogP contribution >= 0.6 is 11.6 Å². The minimum atomic E-state index is 0.484. The van der Waals surface area contributed by atoms with Crippen molar-refractivity contribution in [2.24, 2.45) is 0 Å². The monoisotopic (exact) mass is 266 g/mol. The van der Waals surface area contributed by atoms with Crippen LogP contribution < -0.4 is 4.90 Å². The molecule has 0 bridgehead atoms. The first-order chi connectivity index (χ1) is 8.49. The van der Waals surface area contributed by atoms with Crippen LogP contribution in [0, 0.1) is 0 Å². The summed E-state index contributed by atoms with van der Waals surface area (Å²) in [5.41, 5.74) is 2.49. The molecular weight excluding hydrogens is 244 g/mol. The molecule has 2 nitrogen and oxygen atoms in total. The van der Waals surface area contributed by atoms with Crippen LogP contribution in [0.3, 0.4) is 0 Å². The molecule has 2 rings (SSSR count). The van der Waals surface area contributed by atoms with Gasteiger partial charge in [0.05, 0.1) is 0 Å². The lowest BCUT2D eigenvalue weighted by Gasteiger charge is -2.39. The fourth-order valence-electron chi connectivity index (χ4n) is 2.46. The maximum atomic E-state index is 6.37. The lowest BCUT2D eigenvalue weighted by molar-refractivity contribution is 0.234. The van der Waals surface area contributed by atoms with Crippen LogP contribution in [-0.4, -0.2) is 37.6 Å². The first-order valence-corrected chi connectivity index (χ1v) is 7.11. The Hall–Kier alpha value is -0.730. The molecule has 1 fully saturated rings. The topological polar surface area (TPSA) is 6.48 Å². The number of hydrogen-bond donors (Lipinski definition) is 0. The molecule has 1 aliphatic heterocycles. The van der Waals surface area contributed by atoms with Gasteiger partial charge in [-0.2, -0.15) is 0 Å². The molecule has 0 N–H and O–H groups in total. The molecule has 1 saturated heterocycles. The summed E-state index contributed by atoms with van der Waals surface area (Å²) >= 11 is 6.37. The fourth-order valence-corrected chi connectivity index (χ4v) is 2.86. The summed E-state index contributed by atoms with van der Waals surface area (Å²) in [6, 6.07) is 7.10. The summed E-state index contributed by atoms with van der Waals surface area (Å²) < 4.78 is 0. The second-order valence-corrected chi connectivity index (χ2v) is 6.04. The van der Waals surface area contributed by atoms with E-state index in [1.807, 2.05) is 0 Å². The van der Waals surface area contributed by atoms with Gasteiger partial charge in [-0.3, -0.25) is 0 Å². The van der Waals surface area contributed by atoms with Gasteiger partial charge in [-0.1, -0.05) is 31.5 Å². The van der Waals surface area contributed by atoms with Crippen LogP contribution in [-0.2, 0) is 0 Å². The number of hydrogen-bond acceptors (Lipinski definition) is 2. The third-order valence-electron chi connectivity index (χ3n) is 3.93. The lowest BCUT2D eigenvalue weighted by atomic mass is 10.0. The SMILES string of the molecule is CC(C)c1ccc(N2CCN(C)C(C)C2)cc1Cl. The largest absolute Gasteiger partial charge is 0.369 e. The Labute approximate surface area is 116 Å². The van der Waals surface area contributed by atoms with Gasteiger partial charge in [-0.05, 0) is 37.6 Å². The van der Waals surface area contributed by atoms with Crippen molar-refractivity contribution >= 4 is 17.3 Å². The Kier molecular flexibility index (Phi) is 4.18. The predicted octanol–water partition coefficient (Wildman–Crippen LogP) is 3.60. The number of piperazine rings is 1. The van der Waals surface area contributed by atoms with Gasteiger partial charge < -0.3 is 9.80 Å². The number of anilines is 1. The third-order valence-corrected chi connectivity index (χ3v) is 4.26. The van der Waals surface area contributed by atoms with Gasteiger partial charge in [0.25, 0.3) is 0 Å². The van der Waals surface area contributed by atoms with E-state index < -0.39 is 0 Å². The number of likely N-dealkylation sites (N-methyl/N-ethyl adjacent to an activating group) is 1. The van der Waals surface area contributed by atoms with Crippen molar-refractivity contribution in [1.29, 1.82) is 0 Å². The maximum Gasteiger partial charge on any atom is 0.0461 e. The fraction of sp³-hybridized carbons (Fsp3) is 0.600. The van der Waals surface area contributed by atoms with Gasteiger partial charge in [0.2, 0.25) is 0 Å². The van der Waals surface area contributed by atoms with E-state index in [2.05, 4.69) is 55.8 Å². The smallest absolute Gasteiger partial charge is 0.0461 e. The molecule has 1 aromatic rings. The summed E-state index contributed by atoms with van der Waals surface area (Å²) in [6.07, 6.45) is 0. The molecule has 1 heterocycles. The molecule has 100 valence electrons. The van der Waals surface area contributed by atoms with Crippen LogP contribution in [0.25, 0.3) is 0 Å². The number of halogens is 1. The number of benzene rings is 1. The summed E-state index contributed by atoms with van der Waals surface area (Å²) in [6.45, 7) is 9.91. The molecule has 1 unspecified atom stereocenters. The van der Waals surface area contributed by atoms with Crippen LogP contribution in [0.2, 0.25) is 5.02 Å². The van der Waals surface area contributed by atoms with E-state index in [0.717, 1.165) is 24.7 Å². The number of rotatable bonds is 2. The molecule has 0 saturated carbocycles. The second-order valence-electron chi connectivity index (χ2n) is 5.64. The summed E-state index contributed by atoms with van der Waals surface area (Å²) in [5, 5.41) is 0.897. The Balaban J connectivity index is 2.17. The number of nitrogens with zero attached hydrogens (tertiary/aromatic N) is 2. The van der Waals surface area contributed by atoms with Gasteiger partial charge in [0.1, 0.15) is 0 Å². The molecule has 18 heavy (non-hydrogen) atoms. The standard InChI is InChI=1S/C15H23ClN2/c1-11(2)14-6-5-13(9-15(14)16)18-8-7-17(4)12(3)10-18/h5-6,9,11-12H,7-8,10H2,1-4H3. The van der Waals surface area contributed by atoms with Crippen molar-refractivity contribution < 1.29 is 0 Å². The van der Waals surface area contributed by atoms with Crippen molar-refractivity contribution in [1.82, 2.24) is 4.90 Å². The average molecular weight is 267 g/mol. The minimum Gasteiger partial charge on any atom is -0.369 e. The molecule has 3 heteroatoms. The zero-order valence-corrected chi connectivity index (χ0v) is 12.5. The van der Waals surface area contributed by atoms with Crippen molar-refractivity contribution in [2.45, 2.75) is 32.7 Å². The lowest BCUT2D eigenvalue weighted by Crippen LogP contribution is -2.50. The van der Waals surface area contributed by atoms with E-state index in [9.17, 15) is 0 Å². The van der Waals surface area contributed by atoms with Gasteiger partial charge >= 0.3 is 0 Å². The van der Waals surface area contributed by atoms with Crippen LogP contribution in [0.4, 0.5) is 5.69 Å². The Morgan fingerprint density at radius 3 is 2.56 bits per heavy atom. The second kappa shape index (κ2) is 5.50. The highest BCUT2D eigenvalue weighted by molar-refractivity contribution is 6.31. The average Bonchev–Trinajstić information content (AvgIpc) is 2.32. The van der Waals surface area contributed by atoms with E-state index >= 15 is 0 Å². The van der Waals surface area contributed by atoms with Crippen molar-refractivity contribution in [3.05, 3.63) is 28.8 Å². The van der Waals surface area contributed by atoms with Crippen LogP contribution in [0.15, 0.2) is 18.2 Å². The molecule has 1 aromatic carbocycles. The first kappa shape index (κ1) is 13.7. The van der Waals surface area contributed by atoms with E-state index in [1.165, 1.54) is 11.3 Å². The summed E-state index contributed by atoms with van der Waals surface area (Å²) in [5.74, 6) is 0.484. The third kappa shape index (κ3) is 2.81. The normalized spacial score (nSPS) is 21.7. The van der Waals surface area contributed by atoms with Crippen molar-refractivity contribution in [3.63, 3.8) is 0 Å². The zero-order chi connectivity index (χ0) is 13.3. The van der Waals surface area contributed by atoms with Gasteiger partial charge in [-0.25, -0.2) is 0 Å². The van der Waals surface area contributed by atoms with E-state index in [0.29, 0.717) is 12.0 Å². The molecular formula is C15H23ClN2. The van der Waals surface area contributed by atoms with E-state index in [4.69, 9.17) is 11.6 Å². The highest BCUT2D eigenvalue weighted by Crippen LogP contribution is 2.29. The van der Waals surface area contributed by atoms with Crippen molar-refractivity contribution in [2.75, 3.05) is 31.6 Å². The molecule has 1 aliphatic rings. The minimum absolute atomic E-state index is 0.484. The Morgan fingerprint density at radius 2 is 2.00 bits per heavy atom. The Morgan fingerprint density at radius 1 is 1.28 bits per heavy atom. The van der Waals surface area contributed by atoms with Gasteiger partial charge in [-0.15, -0.1) is 0 Å². The van der Waals surface area contributed by atoms with E-state index in [-0.39, 0.29) is 0 Å². The molecule has 0 radical (unpaired) electrons. The molecule has 0 aliphatic carbocycles. The highest BCUT2D eigenvalue weighted by atomic mass is 35.5. The molecule has 0 spiro atoms. The van der Waals surface area contributed by atoms with Crippen LogP contribution in [0.1, 0.15) is 32.3 Å². The highest BCUT2D eigenvalue weighted by Gasteiger charge is 2.21. The van der Waals surface area contributed by atoms with Crippen molar-refractivity contribution in [3.8, 4) is 0 Å². The first-order valence-electron chi connectivity index (χ1n) is 6.73. The molecule has 1 atom stereocenters. The Bertz CT molecular complexity index is 417.